The van der Waals surface area contributed by atoms with E-state index in [4.69, 9.17) is 0 Å². The molecule has 2 rings (SSSR count). The highest BCUT2D eigenvalue weighted by molar-refractivity contribution is 5.76. The fourth-order valence-electron chi connectivity index (χ4n) is 2.54. The summed E-state index contributed by atoms with van der Waals surface area (Å²) in [5.41, 5.74) is -0.963. The molecule has 0 radical (unpaired) electrons. The van der Waals surface area contributed by atoms with Gasteiger partial charge in [0.15, 0.2) is 0 Å². The quantitative estimate of drug-likeness (QED) is 0.695. The van der Waals surface area contributed by atoms with Crippen molar-refractivity contribution in [1.82, 2.24) is 5.32 Å². The van der Waals surface area contributed by atoms with Crippen molar-refractivity contribution in [2.45, 2.75) is 44.6 Å². The van der Waals surface area contributed by atoms with E-state index >= 15 is 0 Å². The van der Waals surface area contributed by atoms with Crippen LogP contribution in [0.2, 0.25) is 0 Å². The molecule has 1 amide bonds. The van der Waals surface area contributed by atoms with Crippen LogP contribution in [-0.4, -0.2) is 36.5 Å². The number of ether oxygens (including phenoxy) is 1. The van der Waals surface area contributed by atoms with Crippen molar-refractivity contribution in [2.75, 3.05) is 6.54 Å². The lowest BCUT2D eigenvalue weighted by molar-refractivity contribution is -0.274. The van der Waals surface area contributed by atoms with Crippen LogP contribution in [0.15, 0.2) is 24.3 Å². The first-order valence-corrected chi connectivity index (χ1v) is 7.70. The van der Waals surface area contributed by atoms with E-state index in [2.05, 4.69) is 10.1 Å². The molecule has 1 aliphatic carbocycles. The Hall–Kier alpha value is -1.90. The van der Waals surface area contributed by atoms with Crippen LogP contribution in [0, 0.1) is 5.41 Å². The van der Waals surface area contributed by atoms with Gasteiger partial charge < -0.3 is 15.2 Å². The summed E-state index contributed by atoms with van der Waals surface area (Å²) < 4.78 is 65.9. The molecule has 1 aliphatic rings. The van der Waals surface area contributed by atoms with E-state index in [0.29, 0.717) is 5.56 Å². The molecular weight excluding hydrogens is 349 g/mol. The molecule has 0 saturated heterocycles. The molecule has 1 atom stereocenters. The maximum atomic E-state index is 12.8. The van der Waals surface area contributed by atoms with Crippen LogP contribution in [0.4, 0.5) is 22.0 Å². The number of carbonyl (C=O) groups is 1. The van der Waals surface area contributed by atoms with Gasteiger partial charge in [-0.1, -0.05) is 12.1 Å². The van der Waals surface area contributed by atoms with Gasteiger partial charge in [-0.3, -0.25) is 4.79 Å². The van der Waals surface area contributed by atoms with Crippen LogP contribution in [0.3, 0.4) is 0 Å². The van der Waals surface area contributed by atoms with Gasteiger partial charge in [0.2, 0.25) is 12.3 Å². The minimum absolute atomic E-state index is 0.0999. The van der Waals surface area contributed by atoms with Crippen molar-refractivity contribution in [3.63, 3.8) is 0 Å². The number of nitrogens with one attached hydrogen (secondary N) is 1. The number of amides is 1. The summed E-state index contributed by atoms with van der Waals surface area (Å²) in [6, 6.07) is 5.32. The Bertz CT molecular complexity index is 602. The molecule has 2 N–H and O–H groups in total. The van der Waals surface area contributed by atoms with E-state index in [1.807, 2.05) is 0 Å². The average Bonchev–Trinajstić information content (AvgIpc) is 3.27. The minimum atomic E-state index is -4.79. The molecule has 9 heteroatoms. The number of hydrogen-bond acceptors (Lipinski definition) is 3. The molecule has 0 unspecified atom stereocenters. The van der Waals surface area contributed by atoms with E-state index in [1.54, 1.807) is 6.07 Å². The molecule has 0 aromatic heterocycles. The molecule has 0 heterocycles. The number of aliphatic hydroxyl groups is 1. The zero-order chi connectivity index (χ0) is 18.7. The first kappa shape index (κ1) is 19.4. The second-order valence-corrected chi connectivity index (χ2v) is 6.05. The van der Waals surface area contributed by atoms with Gasteiger partial charge in [0.25, 0.3) is 0 Å². The Balaban J connectivity index is 1.77. The fourth-order valence-corrected chi connectivity index (χ4v) is 2.54. The molecule has 140 valence electrons. The third kappa shape index (κ3) is 5.55. The number of hydrogen-bond donors (Lipinski definition) is 2. The SMILES string of the molecule is O=C(C[C@H](O)C1(C(F)F)CC1)NCCc1cccc(OC(F)(F)F)c1. The summed E-state index contributed by atoms with van der Waals surface area (Å²) in [6.45, 7) is 0.0999. The molecule has 1 aromatic carbocycles. The van der Waals surface area contributed by atoms with E-state index < -0.39 is 36.6 Å². The van der Waals surface area contributed by atoms with Crippen molar-refractivity contribution in [3.8, 4) is 5.75 Å². The van der Waals surface area contributed by atoms with Crippen molar-refractivity contribution in [1.29, 1.82) is 0 Å². The van der Waals surface area contributed by atoms with E-state index in [-0.39, 0.29) is 31.6 Å². The van der Waals surface area contributed by atoms with Gasteiger partial charge >= 0.3 is 6.36 Å². The Morgan fingerprint density at radius 1 is 1.32 bits per heavy atom. The highest BCUT2D eigenvalue weighted by atomic mass is 19.4. The number of halogens is 5. The highest BCUT2D eigenvalue weighted by Gasteiger charge is 2.56. The largest absolute Gasteiger partial charge is 0.573 e. The van der Waals surface area contributed by atoms with E-state index in [0.717, 1.165) is 6.07 Å². The summed E-state index contributed by atoms with van der Waals surface area (Å²) in [6.07, 6.45) is -8.69. The normalized spacial score (nSPS) is 17.2. The minimum Gasteiger partial charge on any atom is -0.406 e. The number of carbonyl (C=O) groups excluding carboxylic acids is 1. The summed E-state index contributed by atoms with van der Waals surface area (Å²) in [5, 5.41) is 12.2. The second kappa shape index (κ2) is 7.55. The molecular formula is C16H18F5NO3. The summed E-state index contributed by atoms with van der Waals surface area (Å²) in [7, 11) is 0. The molecule has 25 heavy (non-hydrogen) atoms. The maximum Gasteiger partial charge on any atom is 0.573 e. The van der Waals surface area contributed by atoms with Crippen LogP contribution < -0.4 is 10.1 Å². The standard InChI is InChI=1S/C16H18F5NO3/c17-14(18)15(5-6-15)12(23)9-13(24)22-7-4-10-2-1-3-11(8-10)25-16(19,20)21/h1-3,8,12,14,23H,4-7,9H2,(H,22,24)/t12-/m0/s1. The van der Waals surface area contributed by atoms with Crippen LogP contribution in [0.5, 0.6) is 5.75 Å². The topological polar surface area (TPSA) is 58.6 Å². The Morgan fingerprint density at radius 2 is 2.00 bits per heavy atom. The van der Waals surface area contributed by atoms with Gasteiger partial charge in [0.1, 0.15) is 5.75 Å². The molecule has 0 bridgehead atoms. The molecule has 1 fully saturated rings. The van der Waals surface area contributed by atoms with E-state index in [1.165, 1.54) is 12.1 Å². The monoisotopic (exact) mass is 367 g/mol. The smallest absolute Gasteiger partial charge is 0.406 e. The van der Waals surface area contributed by atoms with Gasteiger partial charge in [-0.15, -0.1) is 13.2 Å². The van der Waals surface area contributed by atoms with Crippen molar-refractivity contribution >= 4 is 5.91 Å². The third-order valence-corrected chi connectivity index (χ3v) is 4.17. The van der Waals surface area contributed by atoms with Crippen LogP contribution in [0.25, 0.3) is 0 Å². The van der Waals surface area contributed by atoms with Crippen molar-refractivity contribution in [3.05, 3.63) is 29.8 Å². The third-order valence-electron chi connectivity index (χ3n) is 4.17. The van der Waals surface area contributed by atoms with Gasteiger partial charge in [-0.2, -0.15) is 0 Å². The van der Waals surface area contributed by atoms with Gasteiger partial charge in [0, 0.05) is 6.54 Å². The Labute approximate surface area is 141 Å². The van der Waals surface area contributed by atoms with Gasteiger partial charge in [-0.05, 0) is 37.0 Å². The number of benzene rings is 1. The summed E-state index contributed by atoms with van der Waals surface area (Å²) in [4.78, 5) is 11.7. The summed E-state index contributed by atoms with van der Waals surface area (Å²) in [5.74, 6) is -0.943. The molecule has 0 aliphatic heterocycles. The van der Waals surface area contributed by atoms with Gasteiger partial charge in [-0.25, -0.2) is 8.78 Å². The second-order valence-electron chi connectivity index (χ2n) is 6.05. The lowest BCUT2D eigenvalue weighted by Crippen LogP contribution is -2.35. The Kier molecular flexibility index (Phi) is 5.87. The molecule has 4 nitrogen and oxygen atoms in total. The van der Waals surface area contributed by atoms with E-state index in [9.17, 15) is 31.9 Å². The number of rotatable bonds is 8. The maximum absolute atomic E-state index is 12.8. The lowest BCUT2D eigenvalue weighted by Gasteiger charge is -2.20. The zero-order valence-corrected chi connectivity index (χ0v) is 13.2. The lowest BCUT2D eigenvalue weighted by atomic mass is 9.97. The van der Waals surface area contributed by atoms with Crippen molar-refractivity contribution < 1.29 is 36.6 Å². The van der Waals surface area contributed by atoms with Crippen molar-refractivity contribution in [2.24, 2.45) is 5.41 Å². The van der Waals surface area contributed by atoms with Crippen LogP contribution in [-0.2, 0) is 11.2 Å². The molecule has 0 spiro atoms. The number of alkyl halides is 5. The number of aliphatic hydroxyl groups excluding tert-OH is 1. The van der Waals surface area contributed by atoms with Gasteiger partial charge in [0.05, 0.1) is 17.9 Å². The highest BCUT2D eigenvalue weighted by Crippen LogP contribution is 2.54. The first-order chi connectivity index (χ1) is 11.6. The fraction of sp³-hybridized carbons (Fsp3) is 0.562. The predicted molar refractivity (Wildman–Crippen MR) is 78.1 cm³/mol. The molecule has 1 saturated carbocycles. The van der Waals surface area contributed by atoms with Crippen LogP contribution in [0.1, 0.15) is 24.8 Å². The average molecular weight is 367 g/mol. The Morgan fingerprint density at radius 3 is 2.56 bits per heavy atom. The zero-order valence-electron chi connectivity index (χ0n) is 13.2. The summed E-state index contributed by atoms with van der Waals surface area (Å²) >= 11 is 0. The molecule has 1 aromatic rings. The first-order valence-electron chi connectivity index (χ1n) is 7.70. The predicted octanol–water partition coefficient (Wildman–Crippen LogP) is 3.04. The van der Waals surface area contributed by atoms with Crippen LogP contribution >= 0.6 is 0 Å².